The highest BCUT2D eigenvalue weighted by atomic mass is 16.1. The van der Waals surface area contributed by atoms with Crippen molar-refractivity contribution >= 4 is 12.6 Å². The van der Waals surface area contributed by atoms with Gasteiger partial charge in [-0.25, -0.2) is 0 Å². The van der Waals surface area contributed by atoms with E-state index in [4.69, 9.17) is 0 Å². The van der Waals surface area contributed by atoms with Crippen molar-refractivity contribution in [3.05, 3.63) is 0 Å². The van der Waals surface area contributed by atoms with Gasteiger partial charge in [-0.3, -0.25) is 4.79 Å². The van der Waals surface area contributed by atoms with Crippen LogP contribution in [0, 0.1) is 0 Å². The average molecular weight is 281 g/mol. The van der Waals surface area contributed by atoms with E-state index >= 15 is 0 Å². The zero-order valence-electron chi connectivity index (χ0n) is 13.2. The fourth-order valence-electron chi connectivity index (χ4n) is 2.55. The molecule has 0 aliphatic heterocycles. The number of rotatable bonds is 17. The van der Waals surface area contributed by atoms with Crippen LogP contribution in [-0.2, 0) is 9.59 Å². The maximum atomic E-state index is 10.1. The minimum absolute atomic E-state index is 0.620. The minimum Gasteiger partial charge on any atom is -0.303 e. The highest BCUT2D eigenvalue weighted by Crippen LogP contribution is 2.13. The SMILES string of the molecule is O=[C]CCCCCCCCCCCCCCCCC=O. The summed E-state index contributed by atoms with van der Waals surface area (Å²) in [4.78, 5) is 20.2. The van der Waals surface area contributed by atoms with Crippen molar-refractivity contribution in [2.75, 3.05) is 0 Å². The molecule has 0 amide bonds. The molecular formula is C18H33O2. The Labute approximate surface area is 125 Å². The van der Waals surface area contributed by atoms with Crippen molar-refractivity contribution in [2.24, 2.45) is 0 Å². The topological polar surface area (TPSA) is 34.1 Å². The lowest BCUT2D eigenvalue weighted by molar-refractivity contribution is -0.107. The smallest absolute Gasteiger partial charge is 0.198 e. The second-order valence-electron chi connectivity index (χ2n) is 5.80. The molecule has 2 nitrogen and oxygen atoms in total. The molecule has 0 rings (SSSR count). The Bertz CT molecular complexity index is 180. The largest absolute Gasteiger partial charge is 0.303 e. The van der Waals surface area contributed by atoms with Crippen LogP contribution in [0.5, 0.6) is 0 Å². The molecule has 0 aliphatic rings. The molecule has 2 heteroatoms. The Balaban J connectivity index is 2.92. The quantitative estimate of drug-likeness (QED) is 0.259. The molecule has 0 spiro atoms. The van der Waals surface area contributed by atoms with E-state index in [9.17, 15) is 9.59 Å². The molecule has 0 aromatic heterocycles. The van der Waals surface area contributed by atoms with Crippen LogP contribution >= 0.6 is 0 Å². The third-order valence-corrected chi connectivity index (χ3v) is 3.85. The summed E-state index contributed by atoms with van der Waals surface area (Å²) < 4.78 is 0. The standard InChI is InChI=1S/C18H33O2/c19-17-15-13-11-9-7-5-3-1-2-4-6-8-10-12-14-16-18-20/h17H,1-16H2. The van der Waals surface area contributed by atoms with Gasteiger partial charge in [0.25, 0.3) is 0 Å². The van der Waals surface area contributed by atoms with Gasteiger partial charge in [0, 0.05) is 12.8 Å². The molecule has 0 aromatic carbocycles. The molecule has 20 heavy (non-hydrogen) atoms. The molecule has 0 saturated carbocycles. The third kappa shape index (κ3) is 17.3. The summed E-state index contributed by atoms with van der Waals surface area (Å²) in [6, 6.07) is 0. The van der Waals surface area contributed by atoms with Crippen molar-refractivity contribution in [3.63, 3.8) is 0 Å². The van der Waals surface area contributed by atoms with E-state index < -0.39 is 0 Å². The lowest BCUT2D eigenvalue weighted by Crippen LogP contribution is -1.84. The molecule has 0 aliphatic carbocycles. The van der Waals surface area contributed by atoms with Crippen LogP contribution in [0.1, 0.15) is 103 Å². The van der Waals surface area contributed by atoms with Crippen LogP contribution in [-0.4, -0.2) is 12.6 Å². The fourth-order valence-corrected chi connectivity index (χ4v) is 2.55. The Morgan fingerprint density at radius 3 is 1.25 bits per heavy atom. The molecule has 0 bridgehead atoms. The molecule has 0 atom stereocenters. The van der Waals surface area contributed by atoms with E-state index in [0.717, 1.165) is 25.5 Å². The van der Waals surface area contributed by atoms with E-state index in [2.05, 4.69) is 0 Å². The molecule has 0 unspecified atom stereocenters. The first-order valence-corrected chi connectivity index (χ1v) is 8.70. The first-order valence-electron chi connectivity index (χ1n) is 8.70. The van der Waals surface area contributed by atoms with Gasteiger partial charge in [-0.2, -0.15) is 0 Å². The number of carbonyl (C=O) groups excluding carboxylic acids is 2. The van der Waals surface area contributed by atoms with Crippen molar-refractivity contribution in [1.82, 2.24) is 0 Å². The first kappa shape index (κ1) is 19.3. The van der Waals surface area contributed by atoms with Crippen LogP contribution < -0.4 is 0 Å². The van der Waals surface area contributed by atoms with Crippen LogP contribution in [0.15, 0.2) is 0 Å². The second kappa shape index (κ2) is 18.3. The van der Waals surface area contributed by atoms with E-state index in [0.29, 0.717) is 6.42 Å². The van der Waals surface area contributed by atoms with E-state index in [1.54, 1.807) is 0 Å². The van der Waals surface area contributed by atoms with Crippen molar-refractivity contribution in [3.8, 4) is 0 Å². The van der Waals surface area contributed by atoms with Gasteiger partial charge in [0.2, 0.25) is 0 Å². The van der Waals surface area contributed by atoms with Crippen LogP contribution in [0.25, 0.3) is 0 Å². The third-order valence-electron chi connectivity index (χ3n) is 3.85. The summed E-state index contributed by atoms with van der Waals surface area (Å²) in [5.74, 6) is 0. The van der Waals surface area contributed by atoms with Gasteiger partial charge in [-0.05, 0) is 12.8 Å². The van der Waals surface area contributed by atoms with Gasteiger partial charge in [0.15, 0.2) is 6.29 Å². The van der Waals surface area contributed by atoms with Gasteiger partial charge < -0.3 is 4.79 Å². The lowest BCUT2D eigenvalue weighted by Gasteiger charge is -2.02. The molecule has 0 saturated heterocycles. The zero-order valence-corrected chi connectivity index (χ0v) is 13.2. The zero-order chi connectivity index (χ0) is 14.7. The van der Waals surface area contributed by atoms with Crippen LogP contribution in [0.3, 0.4) is 0 Å². The predicted molar refractivity (Wildman–Crippen MR) is 85.6 cm³/mol. The van der Waals surface area contributed by atoms with Gasteiger partial charge >= 0.3 is 0 Å². The Morgan fingerprint density at radius 2 is 0.900 bits per heavy atom. The van der Waals surface area contributed by atoms with E-state index in [1.807, 2.05) is 6.29 Å². The molecule has 0 fully saturated rings. The fraction of sp³-hybridized carbons (Fsp3) is 0.889. The monoisotopic (exact) mass is 281 g/mol. The van der Waals surface area contributed by atoms with E-state index in [-0.39, 0.29) is 0 Å². The summed E-state index contributed by atoms with van der Waals surface area (Å²) in [6.45, 7) is 0. The van der Waals surface area contributed by atoms with Crippen LogP contribution in [0.2, 0.25) is 0 Å². The Kier molecular flexibility index (Phi) is 17.7. The number of hydrogen-bond donors (Lipinski definition) is 0. The van der Waals surface area contributed by atoms with E-state index in [1.165, 1.54) is 77.0 Å². The highest BCUT2D eigenvalue weighted by molar-refractivity contribution is 5.50. The average Bonchev–Trinajstić information content (AvgIpc) is 2.47. The summed E-state index contributed by atoms with van der Waals surface area (Å²) in [7, 11) is 0. The Hall–Kier alpha value is -0.660. The summed E-state index contributed by atoms with van der Waals surface area (Å²) in [5, 5.41) is 0. The number of hydrogen-bond acceptors (Lipinski definition) is 2. The Morgan fingerprint density at radius 1 is 0.550 bits per heavy atom. The van der Waals surface area contributed by atoms with Crippen molar-refractivity contribution < 1.29 is 9.59 Å². The summed E-state index contributed by atoms with van der Waals surface area (Å²) in [6.07, 6.45) is 22.3. The molecule has 0 heterocycles. The van der Waals surface area contributed by atoms with Gasteiger partial charge in [-0.15, -0.1) is 0 Å². The number of aldehydes is 1. The second-order valence-corrected chi connectivity index (χ2v) is 5.80. The lowest BCUT2D eigenvalue weighted by atomic mass is 10.0. The van der Waals surface area contributed by atoms with Gasteiger partial charge in [0.05, 0.1) is 0 Å². The summed E-state index contributed by atoms with van der Waals surface area (Å²) in [5.41, 5.74) is 0. The summed E-state index contributed by atoms with van der Waals surface area (Å²) >= 11 is 0. The van der Waals surface area contributed by atoms with Gasteiger partial charge in [0.1, 0.15) is 6.29 Å². The number of unbranched alkanes of at least 4 members (excludes halogenated alkanes) is 15. The molecular weight excluding hydrogens is 248 g/mol. The van der Waals surface area contributed by atoms with Crippen molar-refractivity contribution in [2.45, 2.75) is 103 Å². The van der Waals surface area contributed by atoms with Gasteiger partial charge in [-0.1, -0.05) is 77.0 Å². The highest BCUT2D eigenvalue weighted by Gasteiger charge is 1.94. The van der Waals surface area contributed by atoms with Crippen LogP contribution in [0.4, 0.5) is 0 Å². The van der Waals surface area contributed by atoms with Crippen molar-refractivity contribution in [1.29, 1.82) is 0 Å². The number of carbonyl (C=O) groups is 1. The maximum absolute atomic E-state index is 10.1. The molecule has 0 N–H and O–H groups in total. The normalized spacial score (nSPS) is 10.6. The maximum Gasteiger partial charge on any atom is 0.198 e. The molecule has 0 aromatic rings. The molecule has 117 valence electrons. The molecule has 1 radical (unpaired) electrons. The first-order chi connectivity index (χ1) is 9.91. The minimum atomic E-state index is 0.620. The predicted octanol–water partition coefficient (Wildman–Crippen LogP) is 5.54.